The topological polar surface area (TPSA) is 124 Å². The summed E-state index contributed by atoms with van der Waals surface area (Å²) in [6, 6.07) is 7.66. The summed E-state index contributed by atoms with van der Waals surface area (Å²) in [4.78, 5) is 23.8. The van der Waals surface area contributed by atoms with Crippen LogP contribution in [0.4, 0.5) is 9.18 Å². The molecule has 9 nitrogen and oxygen atoms in total. The number of aliphatic carboxylic acids is 1. The van der Waals surface area contributed by atoms with Crippen LogP contribution in [-0.2, 0) is 22.6 Å². The number of carbonyl (C=O) groups is 2. The van der Waals surface area contributed by atoms with E-state index in [0.29, 0.717) is 19.0 Å². The molecule has 11 heteroatoms. The number of nitrogens with one attached hydrogen (secondary N) is 1. The fourth-order valence-corrected chi connectivity index (χ4v) is 2.81. The summed E-state index contributed by atoms with van der Waals surface area (Å²) in [5, 5.41) is 20.9. The zero-order valence-corrected chi connectivity index (χ0v) is 18.8. The molecule has 1 atom stereocenters. The van der Waals surface area contributed by atoms with Crippen molar-refractivity contribution >= 4 is 19.7 Å². The Labute approximate surface area is 191 Å². The van der Waals surface area contributed by atoms with Crippen molar-refractivity contribution in [3.05, 3.63) is 53.3 Å². The second kappa shape index (κ2) is 11.4. The third kappa shape index (κ3) is 7.87. The van der Waals surface area contributed by atoms with E-state index in [0.717, 1.165) is 6.07 Å². The summed E-state index contributed by atoms with van der Waals surface area (Å²) in [6.45, 7) is 4.86. The molecule has 0 spiro atoms. The molecule has 1 amide bonds. The molecular formula is C22H26BFNO8. The number of carboxylic acid groups (broad SMARTS) is 1. The third-order valence-electron chi connectivity index (χ3n) is 4.29. The molecule has 33 heavy (non-hydrogen) atoms. The lowest BCUT2D eigenvalue weighted by molar-refractivity contribution is -0.139. The molecule has 0 unspecified atom stereocenters. The summed E-state index contributed by atoms with van der Waals surface area (Å²) in [5.41, 5.74) is -0.298. The molecule has 2 aromatic carbocycles. The van der Waals surface area contributed by atoms with Gasteiger partial charge in [0.15, 0.2) is 5.75 Å². The largest absolute Gasteiger partial charge is 0.569 e. The van der Waals surface area contributed by atoms with Gasteiger partial charge in [-0.3, -0.25) is 0 Å². The Hall–Kier alpha value is -3.47. The van der Waals surface area contributed by atoms with Crippen LogP contribution >= 0.6 is 0 Å². The summed E-state index contributed by atoms with van der Waals surface area (Å²) < 4.78 is 35.7. The molecule has 3 N–H and O–H groups in total. The van der Waals surface area contributed by atoms with Crippen molar-refractivity contribution in [2.75, 3.05) is 7.11 Å². The van der Waals surface area contributed by atoms with Crippen LogP contribution < -0.4 is 19.4 Å². The number of methoxy groups -OCH3 is 1. The quantitative estimate of drug-likeness (QED) is 0.461. The van der Waals surface area contributed by atoms with E-state index in [1.165, 1.54) is 13.2 Å². The minimum absolute atomic E-state index is 0.0144. The third-order valence-corrected chi connectivity index (χ3v) is 4.29. The summed E-state index contributed by atoms with van der Waals surface area (Å²) in [5.74, 6) is -1.69. The highest BCUT2D eigenvalue weighted by Crippen LogP contribution is 2.35. The van der Waals surface area contributed by atoms with Crippen molar-refractivity contribution in [3.63, 3.8) is 0 Å². The molecule has 0 aromatic heterocycles. The molecule has 0 aliphatic carbocycles. The molecule has 0 fully saturated rings. The van der Waals surface area contributed by atoms with E-state index >= 15 is 0 Å². The van der Waals surface area contributed by atoms with Gasteiger partial charge < -0.3 is 34.3 Å². The van der Waals surface area contributed by atoms with Gasteiger partial charge in [-0.2, -0.15) is 0 Å². The van der Waals surface area contributed by atoms with Crippen molar-refractivity contribution < 1.29 is 43.0 Å². The first kappa shape index (κ1) is 25.8. The molecule has 177 valence electrons. The van der Waals surface area contributed by atoms with E-state index in [9.17, 15) is 19.1 Å². The van der Waals surface area contributed by atoms with Crippen LogP contribution in [0.15, 0.2) is 36.4 Å². The first-order chi connectivity index (χ1) is 15.5. The molecule has 0 saturated carbocycles. The highest BCUT2D eigenvalue weighted by molar-refractivity contribution is 6.17. The van der Waals surface area contributed by atoms with Crippen molar-refractivity contribution in [2.45, 2.75) is 45.4 Å². The molecule has 0 heterocycles. The van der Waals surface area contributed by atoms with Crippen molar-refractivity contribution in [3.8, 4) is 17.2 Å². The zero-order chi connectivity index (χ0) is 24.6. The molecule has 0 bridgehead atoms. The van der Waals surface area contributed by atoms with E-state index in [1.54, 1.807) is 45.0 Å². The van der Waals surface area contributed by atoms with E-state index in [1.807, 2.05) is 0 Å². The number of alkyl carbamates (subject to hydrolysis) is 1. The van der Waals surface area contributed by atoms with Gasteiger partial charge in [-0.25, -0.2) is 14.0 Å². The number of carboxylic acids is 1. The summed E-state index contributed by atoms with van der Waals surface area (Å²) in [6.07, 6.45) is -1.44. The Bertz CT molecular complexity index is 962. The Morgan fingerprint density at radius 1 is 1.15 bits per heavy atom. The van der Waals surface area contributed by atoms with E-state index < -0.39 is 35.9 Å². The van der Waals surface area contributed by atoms with Crippen LogP contribution in [0, 0.1) is 5.82 Å². The number of hydrogen-bond acceptors (Lipinski definition) is 7. The van der Waals surface area contributed by atoms with Gasteiger partial charge >= 0.3 is 19.7 Å². The van der Waals surface area contributed by atoms with Crippen LogP contribution in [-0.4, -0.2) is 48.6 Å². The highest BCUT2D eigenvalue weighted by atomic mass is 19.1. The number of carbonyl (C=O) groups excluding carboxylic acids is 1. The summed E-state index contributed by atoms with van der Waals surface area (Å²) >= 11 is 0. The predicted octanol–water partition coefficient (Wildman–Crippen LogP) is 2.84. The lowest BCUT2D eigenvalue weighted by Crippen LogP contribution is -2.44. The fraction of sp³-hybridized carbons (Fsp3) is 0.364. The van der Waals surface area contributed by atoms with Gasteiger partial charge in [-0.1, -0.05) is 12.1 Å². The zero-order valence-electron chi connectivity index (χ0n) is 18.8. The SMILES string of the molecule is COc1ccc(COc2c(O[B]O)ccc(F)c2C[C@H](NC(=O)OC(C)(C)C)C(=O)O)cc1. The van der Waals surface area contributed by atoms with Crippen molar-refractivity contribution in [1.82, 2.24) is 5.32 Å². The normalized spacial score (nSPS) is 11.8. The van der Waals surface area contributed by atoms with E-state index in [-0.39, 0.29) is 23.7 Å². The van der Waals surface area contributed by atoms with Gasteiger partial charge in [0.25, 0.3) is 0 Å². The lowest BCUT2D eigenvalue weighted by atomic mass is 10.0. The van der Waals surface area contributed by atoms with Crippen LogP contribution in [0.3, 0.4) is 0 Å². The molecule has 1 radical (unpaired) electrons. The number of rotatable bonds is 10. The van der Waals surface area contributed by atoms with Gasteiger partial charge in [-0.15, -0.1) is 0 Å². The maximum absolute atomic E-state index is 14.8. The van der Waals surface area contributed by atoms with E-state index in [4.69, 9.17) is 23.9 Å². The maximum Gasteiger partial charge on any atom is 0.569 e. The Morgan fingerprint density at radius 3 is 2.36 bits per heavy atom. The maximum atomic E-state index is 14.8. The van der Waals surface area contributed by atoms with Crippen LogP contribution in [0.1, 0.15) is 31.9 Å². The Balaban J connectivity index is 2.31. The Morgan fingerprint density at radius 2 is 1.82 bits per heavy atom. The number of ether oxygens (including phenoxy) is 3. The van der Waals surface area contributed by atoms with Crippen LogP contribution in [0.5, 0.6) is 17.2 Å². The standard InChI is InChI=1S/C22H26BFNO8/c1-22(2,3)32-21(28)25-17(20(26)27)11-15-16(24)9-10-18(33-23-29)19(15)31-12-13-5-7-14(30-4)8-6-13/h5-10,17,29H,11-12H2,1-4H3,(H,25,28)(H,26,27)/t17-/m0/s1. The average molecular weight is 462 g/mol. The second-order valence-electron chi connectivity index (χ2n) is 7.95. The molecule has 2 rings (SSSR count). The molecule has 0 aliphatic rings. The van der Waals surface area contributed by atoms with Gasteiger partial charge in [0.05, 0.1) is 7.11 Å². The molecular weight excluding hydrogens is 436 g/mol. The molecule has 2 aromatic rings. The van der Waals surface area contributed by atoms with Gasteiger partial charge in [0, 0.05) is 12.0 Å². The first-order valence-electron chi connectivity index (χ1n) is 9.96. The molecule has 0 saturated heterocycles. The number of halogens is 1. The van der Waals surface area contributed by atoms with Crippen molar-refractivity contribution in [1.29, 1.82) is 0 Å². The van der Waals surface area contributed by atoms with Crippen molar-refractivity contribution in [2.24, 2.45) is 0 Å². The highest BCUT2D eigenvalue weighted by Gasteiger charge is 2.28. The smallest absolute Gasteiger partial charge is 0.535 e. The number of benzene rings is 2. The van der Waals surface area contributed by atoms with Gasteiger partial charge in [0.2, 0.25) is 0 Å². The van der Waals surface area contributed by atoms with E-state index in [2.05, 4.69) is 5.32 Å². The minimum Gasteiger partial charge on any atom is -0.535 e. The molecule has 0 aliphatic heterocycles. The monoisotopic (exact) mass is 462 g/mol. The lowest BCUT2D eigenvalue weighted by Gasteiger charge is -2.23. The predicted molar refractivity (Wildman–Crippen MR) is 117 cm³/mol. The van der Waals surface area contributed by atoms with Crippen LogP contribution in [0.2, 0.25) is 0 Å². The van der Waals surface area contributed by atoms with Gasteiger partial charge in [0.1, 0.15) is 35.6 Å². The average Bonchev–Trinajstić information content (AvgIpc) is 2.73. The summed E-state index contributed by atoms with van der Waals surface area (Å²) in [7, 11) is 1.93. The first-order valence-corrected chi connectivity index (χ1v) is 9.96. The number of amides is 1. The number of hydrogen-bond donors (Lipinski definition) is 3. The second-order valence-corrected chi connectivity index (χ2v) is 7.95. The Kier molecular flexibility index (Phi) is 8.92. The van der Waals surface area contributed by atoms with Gasteiger partial charge in [-0.05, 0) is 50.6 Å². The minimum atomic E-state index is -1.52. The van der Waals surface area contributed by atoms with Crippen LogP contribution in [0.25, 0.3) is 0 Å². The fourth-order valence-electron chi connectivity index (χ4n) is 2.81.